The van der Waals surface area contributed by atoms with Gasteiger partial charge in [-0.1, -0.05) is 23.7 Å². The number of phenols is 1. The topological polar surface area (TPSA) is 147 Å². The Morgan fingerprint density at radius 3 is 2.26 bits per heavy atom. The van der Waals surface area contributed by atoms with Crippen molar-refractivity contribution in [3.63, 3.8) is 0 Å². The molecule has 23 heavy (non-hydrogen) atoms. The number of anilines is 2. The van der Waals surface area contributed by atoms with Gasteiger partial charge in [-0.25, -0.2) is 8.42 Å². The molecule has 0 aliphatic carbocycles. The second kappa shape index (κ2) is 5.89. The summed E-state index contributed by atoms with van der Waals surface area (Å²) in [5, 5.41) is 9.76. The number of sulfonamides is 1. The molecule has 0 saturated carbocycles. The third-order valence-corrected chi connectivity index (χ3v) is 5.28. The van der Waals surface area contributed by atoms with Gasteiger partial charge in [0, 0.05) is 5.02 Å². The molecule has 0 aliphatic rings. The third kappa shape index (κ3) is 3.67. The number of phenolic OH excluding ortho intramolecular Hbond substituents is 1. The minimum absolute atomic E-state index is 0.0382. The first-order chi connectivity index (χ1) is 10.5. The van der Waals surface area contributed by atoms with E-state index in [1.54, 1.807) is 0 Å². The summed E-state index contributed by atoms with van der Waals surface area (Å²) in [4.78, 5) is -1.27. The average Bonchev–Trinajstić information content (AvgIpc) is 2.41. The van der Waals surface area contributed by atoms with Gasteiger partial charge in [0.1, 0.15) is 9.79 Å². The molecule has 0 aliphatic heterocycles. The van der Waals surface area contributed by atoms with Crippen molar-refractivity contribution in [2.24, 2.45) is 0 Å². The van der Waals surface area contributed by atoms with Gasteiger partial charge in [-0.3, -0.25) is 9.27 Å². The maximum absolute atomic E-state index is 12.3. The summed E-state index contributed by atoms with van der Waals surface area (Å²) in [7, 11) is -9.07. The van der Waals surface area contributed by atoms with Crippen molar-refractivity contribution in [3.8, 4) is 5.75 Å². The first-order valence-electron chi connectivity index (χ1n) is 5.89. The van der Waals surface area contributed by atoms with Crippen LogP contribution >= 0.6 is 11.6 Å². The number of aromatic hydroxyl groups is 1. The van der Waals surface area contributed by atoms with E-state index in [4.69, 9.17) is 21.9 Å². The number of hydrogen-bond donors (Lipinski definition) is 4. The van der Waals surface area contributed by atoms with Crippen LogP contribution in [0.5, 0.6) is 5.75 Å². The van der Waals surface area contributed by atoms with Crippen molar-refractivity contribution < 1.29 is 26.5 Å². The maximum atomic E-state index is 12.3. The van der Waals surface area contributed by atoms with Crippen LogP contribution in [0.25, 0.3) is 0 Å². The third-order valence-electron chi connectivity index (χ3n) is 2.77. The molecule has 0 bridgehead atoms. The predicted molar refractivity (Wildman–Crippen MR) is 84.6 cm³/mol. The monoisotopic (exact) mass is 378 g/mol. The molecule has 2 aromatic rings. The highest BCUT2D eigenvalue weighted by atomic mass is 35.5. The number of nitrogen functional groups attached to an aromatic ring is 1. The molecule has 0 saturated heterocycles. The Labute approximate surface area is 137 Å². The number of para-hydroxylation sites is 1. The van der Waals surface area contributed by atoms with Crippen LogP contribution in [0, 0.1) is 0 Å². The lowest BCUT2D eigenvalue weighted by molar-refractivity contribution is 0.462. The smallest absolute Gasteiger partial charge is 0.296 e. The Morgan fingerprint density at radius 2 is 1.65 bits per heavy atom. The summed E-state index contributed by atoms with van der Waals surface area (Å²) in [6.45, 7) is 0. The lowest BCUT2D eigenvalue weighted by atomic mass is 10.3. The van der Waals surface area contributed by atoms with Crippen LogP contribution in [0.15, 0.2) is 46.2 Å². The van der Waals surface area contributed by atoms with Crippen LogP contribution in [-0.2, 0) is 20.1 Å². The summed E-state index contributed by atoms with van der Waals surface area (Å²) in [6.07, 6.45) is 0. The molecule has 0 atom stereocenters. The Hall–Kier alpha value is -2.01. The van der Waals surface area contributed by atoms with Gasteiger partial charge in [-0.2, -0.15) is 8.42 Å². The Kier molecular flexibility index (Phi) is 4.44. The van der Waals surface area contributed by atoms with E-state index in [0.717, 1.165) is 24.3 Å². The molecule has 8 nitrogen and oxygen atoms in total. The highest BCUT2D eigenvalue weighted by Crippen LogP contribution is 2.34. The predicted octanol–water partition coefficient (Wildman–Crippen LogP) is 1.68. The van der Waals surface area contributed by atoms with Crippen molar-refractivity contribution in [2.75, 3.05) is 10.5 Å². The van der Waals surface area contributed by atoms with Crippen molar-refractivity contribution >= 4 is 43.1 Å². The van der Waals surface area contributed by atoms with E-state index in [-0.39, 0.29) is 10.7 Å². The standard InChI is InChI=1S/C12H11ClN2O6S2/c13-7-5-8(14)12(16)11(6-7)22(17,18)15-9-3-1-2-4-10(9)23(19,20)21/h1-6,15-16H,14H2,(H,19,20,21). The minimum atomic E-state index is -4.65. The Balaban J connectivity index is 2.57. The highest BCUT2D eigenvalue weighted by Gasteiger charge is 2.24. The molecule has 0 amide bonds. The molecule has 11 heteroatoms. The zero-order chi connectivity index (χ0) is 17.4. The first kappa shape index (κ1) is 17.3. The van der Waals surface area contributed by atoms with E-state index in [2.05, 4.69) is 0 Å². The largest absolute Gasteiger partial charge is 0.504 e. The van der Waals surface area contributed by atoms with Crippen LogP contribution in [0.1, 0.15) is 0 Å². The second-order valence-electron chi connectivity index (χ2n) is 4.42. The Bertz CT molecular complexity index is 973. The number of nitrogens with one attached hydrogen (secondary N) is 1. The van der Waals surface area contributed by atoms with Gasteiger partial charge in [0.25, 0.3) is 20.1 Å². The summed E-state index contributed by atoms with van der Waals surface area (Å²) in [5.41, 5.74) is 4.79. The van der Waals surface area contributed by atoms with E-state index < -0.39 is 41.4 Å². The maximum Gasteiger partial charge on any atom is 0.296 e. The molecule has 0 unspecified atom stereocenters. The minimum Gasteiger partial charge on any atom is -0.504 e. The van der Waals surface area contributed by atoms with Crippen molar-refractivity contribution in [1.29, 1.82) is 0 Å². The number of rotatable bonds is 4. The Morgan fingerprint density at radius 1 is 1.04 bits per heavy atom. The van der Waals surface area contributed by atoms with Crippen LogP contribution in [0.3, 0.4) is 0 Å². The first-order valence-corrected chi connectivity index (χ1v) is 9.20. The zero-order valence-corrected chi connectivity index (χ0v) is 13.7. The lowest BCUT2D eigenvalue weighted by Gasteiger charge is -2.13. The molecule has 2 rings (SSSR count). The van der Waals surface area contributed by atoms with Gasteiger partial charge in [0.05, 0.1) is 11.4 Å². The number of hydrogen-bond acceptors (Lipinski definition) is 6. The van der Waals surface area contributed by atoms with Crippen LogP contribution in [0.2, 0.25) is 5.02 Å². The molecule has 0 spiro atoms. The highest BCUT2D eigenvalue weighted by molar-refractivity contribution is 7.93. The van der Waals surface area contributed by atoms with E-state index >= 15 is 0 Å². The molecule has 0 heterocycles. The fourth-order valence-corrected chi connectivity index (χ4v) is 4.01. The lowest BCUT2D eigenvalue weighted by Crippen LogP contribution is -2.16. The number of halogens is 1. The number of benzene rings is 2. The molecular weight excluding hydrogens is 368 g/mol. The van der Waals surface area contributed by atoms with Crippen LogP contribution < -0.4 is 10.5 Å². The summed E-state index contributed by atoms with van der Waals surface area (Å²) in [6, 6.07) is 6.91. The van der Waals surface area contributed by atoms with Crippen LogP contribution in [0.4, 0.5) is 11.4 Å². The number of nitrogens with two attached hydrogens (primary N) is 1. The van der Waals surface area contributed by atoms with Gasteiger partial charge >= 0.3 is 0 Å². The molecule has 0 radical (unpaired) electrons. The van der Waals surface area contributed by atoms with E-state index in [9.17, 15) is 21.9 Å². The van der Waals surface area contributed by atoms with E-state index in [1.807, 2.05) is 4.72 Å². The summed E-state index contributed by atoms with van der Waals surface area (Å²) < 4.78 is 58.3. The normalized spacial score (nSPS) is 12.1. The van der Waals surface area contributed by atoms with Crippen molar-refractivity contribution in [2.45, 2.75) is 9.79 Å². The van der Waals surface area contributed by atoms with E-state index in [0.29, 0.717) is 0 Å². The zero-order valence-electron chi connectivity index (χ0n) is 11.3. The molecule has 0 fully saturated rings. The van der Waals surface area contributed by atoms with Crippen molar-refractivity contribution in [3.05, 3.63) is 41.4 Å². The molecule has 0 aromatic heterocycles. The van der Waals surface area contributed by atoms with Crippen LogP contribution in [-0.4, -0.2) is 26.5 Å². The summed E-state index contributed by atoms with van der Waals surface area (Å²) >= 11 is 5.72. The fraction of sp³-hybridized carbons (Fsp3) is 0. The molecule has 124 valence electrons. The van der Waals surface area contributed by atoms with Gasteiger partial charge in [-0.15, -0.1) is 0 Å². The average molecular weight is 379 g/mol. The van der Waals surface area contributed by atoms with Crippen molar-refractivity contribution in [1.82, 2.24) is 0 Å². The molecular formula is C12H11ClN2O6S2. The fourth-order valence-electron chi connectivity index (χ4n) is 1.77. The van der Waals surface area contributed by atoms with Gasteiger partial charge in [-0.05, 0) is 24.3 Å². The SMILES string of the molecule is Nc1cc(Cl)cc(S(=O)(=O)Nc2ccccc2S(=O)(=O)O)c1O. The van der Waals surface area contributed by atoms with Gasteiger partial charge in [0.2, 0.25) is 0 Å². The second-order valence-corrected chi connectivity index (χ2v) is 7.90. The quantitative estimate of drug-likeness (QED) is 0.359. The van der Waals surface area contributed by atoms with Gasteiger partial charge < -0.3 is 10.8 Å². The van der Waals surface area contributed by atoms with Gasteiger partial charge in [0.15, 0.2) is 5.75 Å². The molecule has 2 aromatic carbocycles. The van der Waals surface area contributed by atoms with E-state index in [1.165, 1.54) is 12.1 Å². The molecule has 5 N–H and O–H groups in total. The summed E-state index contributed by atoms with van der Waals surface area (Å²) in [5.74, 6) is -0.730.